The van der Waals surface area contributed by atoms with E-state index in [2.05, 4.69) is 143 Å². The Morgan fingerprint density at radius 3 is 2.45 bits per heavy atom. The van der Waals surface area contributed by atoms with Crippen molar-refractivity contribution in [2.45, 2.75) is 64.2 Å². The first kappa shape index (κ1) is 29.1. The van der Waals surface area contributed by atoms with Crippen LogP contribution in [0.4, 0.5) is 0 Å². The lowest BCUT2D eigenvalue weighted by molar-refractivity contribution is 0.487. The number of rotatable bonds is 10. The van der Waals surface area contributed by atoms with Crippen molar-refractivity contribution < 1.29 is 0 Å². The fourth-order valence-electron chi connectivity index (χ4n) is 6.13. The van der Waals surface area contributed by atoms with E-state index < -0.39 is 0 Å². The van der Waals surface area contributed by atoms with Crippen molar-refractivity contribution in [3.05, 3.63) is 174 Å². The van der Waals surface area contributed by atoms with Gasteiger partial charge in [0.15, 0.2) is 0 Å². The van der Waals surface area contributed by atoms with Crippen molar-refractivity contribution in [3.63, 3.8) is 0 Å². The zero-order chi connectivity index (χ0) is 28.4. The summed E-state index contributed by atoms with van der Waals surface area (Å²) in [4.78, 5) is 0. The Hall–Kier alpha value is -3.90. The fraction of sp³-hybridized carbons (Fsp3) is 0.250. The van der Waals surface area contributed by atoms with Crippen molar-refractivity contribution >= 4 is 5.57 Å². The Morgan fingerprint density at radius 2 is 1.77 bits per heavy atom. The third-order valence-electron chi connectivity index (χ3n) is 8.42. The molecule has 0 heterocycles. The van der Waals surface area contributed by atoms with Crippen LogP contribution < -0.4 is 0 Å². The summed E-state index contributed by atoms with van der Waals surface area (Å²) in [6.07, 6.45) is 29.7. The molecule has 2 aromatic carbocycles. The van der Waals surface area contributed by atoms with Crippen LogP contribution in [0.5, 0.6) is 0 Å². The fourth-order valence-corrected chi connectivity index (χ4v) is 6.13. The average molecular weight is 525 g/mol. The van der Waals surface area contributed by atoms with E-state index in [4.69, 9.17) is 0 Å². The first-order valence-corrected chi connectivity index (χ1v) is 14.8. The zero-order valence-electron chi connectivity index (χ0n) is 24.6. The molecule has 0 radical (unpaired) electrons. The van der Waals surface area contributed by atoms with Gasteiger partial charge < -0.3 is 0 Å². The Kier molecular flexibility index (Phi) is 10.1. The van der Waals surface area contributed by atoms with E-state index in [0.717, 1.165) is 24.8 Å². The largest absolute Gasteiger partial charge is 0.0990 e. The lowest BCUT2D eigenvalue weighted by atomic mass is 9.67. The van der Waals surface area contributed by atoms with E-state index in [-0.39, 0.29) is 5.41 Å². The predicted octanol–water partition coefficient (Wildman–Crippen LogP) is 11.3. The lowest BCUT2D eigenvalue weighted by Crippen LogP contribution is -2.27. The Morgan fingerprint density at radius 1 is 1.00 bits per heavy atom. The van der Waals surface area contributed by atoms with Crippen LogP contribution in [-0.2, 0) is 5.41 Å². The van der Waals surface area contributed by atoms with Crippen LogP contribution in [0.3, 0.4) is 0 Å². The number of allylic oxidation sites excluding steroid dienone is 16. The standard InChI is InChI=1S/C40H44/c1-6-10-30-40(5,34-28-26-33(27-29-34)32-21-14-11-15-22-32)39-25-18-17-24-38(39)37(19-7-2)35(9-4)36-23-16-12-13-20-31(36)8-3/h7-9,11-19,21-26,28-29,33H,2,4,6,10,20,27,30H2,1,3,5H3/b31-8-,36-35+,37-19+/t33?,40-/m0/s1. The molecule has 0 fully saturated rings. The van der Waals surface area contributed by atoms with Gasteiger partial charge in [0.05, 0.1) is 0 Å². The van der Waals surface area contributed by atoms with Gasteiger partial charge in [-0.25, -0.2) is 0 Å². The van der Waals surface area contributed by atoms with Crippen LogP contribution in [-0.4, -0.2) is 0 Å². The van der Waals surface area contributed by atoms with Gasteiger partial charge in [0.2, 0.25) is 0 Å². The van der Waals surface area contributed by atoms with E-state index in [0.29, 0.717) is 5.92 Å². The summed E-state index contributed by atoms with van der Waals surface area (Å²) in [5, 5.41) is 0. The molecule has 0 aromatic heterocycles. The van der Waals surface area contributed by atoms with E-state index >= 15 is 0 Å². The lowest BCUT2D eigenvalue weighted by Gasteiger charge is -2.36. The highest BCUT2D eigenvalue weighted by molar-refractivity contribution is 5.87. The Balaban J connectivity index is 1.85. The van der Waals surface area contributed by atoms with Crippen LogP contribution >= 0.6 is 0 Å². The highest BCUT2D eigenvalue weighted by atomic mass is 14.4. The van der Waals surface area contributed by atoms with Crippen molar-refractivity contribution in [1.29, 1.82) is 0 Å². The quantitative estimate of drug-likeness (QED) is 0.271. The van der Waals surface area contributed by atoms with E-state index in [9.17, 15) is 0 Å². The van der Waals surface area contributed by atoms with E-state index in [1.165, 1.54) is 51.8 Å². The van der Waals surface area contributed by atoms with Crippen LogP contribution in [0.2, 0.25) is 0 Å². The molecule has 0 amide bonds. The number of unbranched alkanes of at least 4 members (excludes halogenated alkanes) is 1. The second-order valence-corrected chi connectivity index (χ2v) is 10.9. The van der Waals surface area contributed by atoms with Gasteiger partial charge in [-0.05, 0) is 70.7 Å². The third kappa shape index (κ3) is 6.28. The summed E-state index contributed by atoms with van der Waals surface area (Å²) in [7, 11) is 0. The van der Waals surface area contributed by atoms with Crippen LogP contribution in [0.15, 0.2) is 157 Å². The van der Waals surface area contributed by atoms with Gasteiger partial charge in [0.25, 0.3) is 0 Å². The first-order valence-electron chi connectivity index (χ1n) is 14.8. The molecule has 1 unspecified atom stereocenters. The second kappa shape index (κ2) is 13.9. The van der Waals surface area contributed by atoms with E-state index in [1.807, 2.05) is 12.2 Å². The molecule has 0 saturated heterocycles. The molecule has 2 aliphatic carbocycles. The third-order valence-corrected chi connectivity index (χ3v) is 8.42. The first-order chi connectivity index (χ1) is 19.6. The maximum Gasteiger partial charge on any atom is 0.0177 e. The summed E-state index contributed by atoms with van der Waals surface area (Å²) >= 11 is 0. The Bertz CT molecular complexity index is 1410. The van der Waals surface area contributed by atoms with Gasteiger partial charge in [-0.15, -0.1) is 0 Å². The van der Waals surface area contributed by atoms with Crippen molar-refractivity contribution in [2.75, 3.05) is 0 Å². The van der Waals surface area contributed by atoms with Crippen molar-refractivity contribution in [2.24, 2.45) is 0 Å². The van der Waals surface area contributed by atoms with Crippen LogP contribution in [0.1, 0.15) is 75.5 Å². The highest BCUT2D eigenvalue weighted by Gasteiger charge is 2.33. The molecule has 0 spiro atoms. The molecule has 0 nitrogen and oxygen atoms in total. The molecule has 4 rings (SSSR count). The topological polar surface area (TPSA) is 0 Å². The van der Waals surface area contributed by atoms with Gasteiger partial charge in [0.1, 0.15) is 0 Å². The maximum atomic E-state index is 4.30. The highest BCUT2D eigenvalue weighted by Crippen LogP contribution is 2.45. The summed E-state index contributed by atoms with van der Waals surface area (Å²) in [5.74, 6) is 0.429. The molecule has 2 atom stereocenters. The van der Waals surface area contributed by atoms with Crippen LogP contribution in [0, 0.1) is 0 Å². The minimum Gasteiger partial charge on any atom is -0.0990 e. The SMILES string of the molecule is C=C\C=C(/C(C=C)=C1\C=CC=CC\C1=C\C)c1ccccc1[C@@](C)(CCCC)C1=CCC(c2ccccc2)C=C1. The number of hydrogen-bond donors (Lipinski definition) is 0. The van der Waals surface area contributed by atoms with Crippen molar-refractivity contribution in [1.82, 2.24) is 0 Å². The van der Waals surface area contributed by atoms with Gasteiger partial charge in [-0.1, -0.05) is 161 Å². The van der Waals surface area contributed by atoms with Gasteiger partial charge in [-0.3, -0.25) is 0 Å². The molecule has 40 heavy (non-hydrogen) atoms. The normalized spacial score (nSPS) is 21.0. The molecule has 2 aliphatic rings. The molecule has 0 heteroatoms. The molecule has 204 valence electrons. The molecule has 0 aliphatic heterocycles. The summed E-state index contributed by atoms with van der Waals surface area (Å²) in [5.41, 5.74) is 10.2. The predicted molar refractivity (Wildman–Crippen MR) is 176 cm³/mol. The minimum absolute atomic E-state index is 0.119. The monoisotopic (exact) mass is 524 g/mol. The van der Waals surface area contributed by atoms with Gasteiger partial charge >= 0.3 is 0 Å². The Labute approximate surface area is 242 Å². The number of benzene rings is 2. The summed E-state index contributed by atoms with van der Waals surface area (Å²) < 4.78 is 0. The molecular weight excluding hydrogens is 480 g/mol. The van der Waals surface area contributed by atoms with Crippen molar-refractivity contribution in [3.8, 4) is 0 Å². The molecule has 0 bridgehead atoms. The number of hydrogen-bond acceptors (Lipinski definition) is 0. The molecular formula is C40H44. The minimum atomic E-state index is -0.119. The summed E-state index contributed by atoms with van der Waals surface area (Å²) in [6, 6.07) is 19.8. The summed E-state index contributed by atoms with van der Waals surface area (Å²) in [6.45, 7) is 15.3. The smallest absolute Gasteiger partial charge is 0.0177 e. The van der Waals surface area contributed by atoms with Gasteiger partial charge in [0, 0.05) is 11.3 Å². The maximum absolute atomic E-state index is 4.30. The van der Waals surface area contributed by atoms with Crippen LogP contribution in [0.25, 0.3) is 5.57 Å². The molecule has 2 aromatic rings. The molecule has 0 saturated carbocycles. The van der Waals surface area contributed by atoms with Gasteiger partial charge in [-0.2, -0.15) is 0 Å². The molecule has 0 N–H and O–H groups in total. The van der Waals surface area contributed by atoms with E-state index in [1.54, 1.807) is 0 Å². The average Bonchev–Trinajstić information content (AvgIpc) is 3.26. The zero-order valence-corrected chi connectivity index (χ0v) is 24.6. The second-order valence-electron chi connectivity index (χ2n) is 10.9.